The summed E-state index contributed by atoms with van der Waals surface area (Å²) in [7, 11) is 0. The van der Waals surface area contributed by atoms with Crippen molar-refractivity contribution in [2.75, 3.05) is 11.9 Å². The van der Waals surface area contributed by atoms with Gasteiger partial charge in [0.05, 0.1) is 6.54 Å². The zero-order valence-electron chi connectivity index (χ0n) is 17.9. The quantitative estimate of drug-likeness (QED) is 0.440. The average molecular weight is 438 g/mol. The first-order valence-electron chi connectivity index (χ1n) is 10.8. The molecule has 0 atom stereocenters. The van der Waals surface area contributed by atoms with Crippen molar-refractivity contribution in [1.29, 1.82) is 0 Å². The molecule has 0 saturated heterocycles. The molecule has 7 nitrogen and oxygen atoms in total. The van der Waals surface area contributed by atoms with Gasteiger partial charge in [0, 0.05) is 47.6 Å². The number of rotatable bonds is 7. The zero-order valence-corrected chi connectivity index (χ0v) is 17.9. The Hall–Kier alpha value is -4.26. The predicted octanol–water partition coefficient (Wildman–Crippen LogP) is 4.10. The van der Waals surface area contributed by atoms with E-state index in [1.807, 2.05) is 60.8 Å². The maximum absolute atomic E-state index is 13.0. The second kappa shape index (κ2) is 8.70. The Bertz CT molecular complexity index is 1310. The second-order valence-electron chi connectivity index (χ2n) is 7.98. The highest BCUT2D eigenvalue weighted by atomic mass is 16.2. The van der Waals surface area contributed by atoms with Crippen LogP contribution in [0.5, 0.6) is 0 Å². The van der Waals surface area contributed by atoms with Gasteiger partial charge in [0.25, 0.3) is 11.8 Å². The number of hydrogen-bond donors (Lipinski definition) is 1. The minimum atomic E-state index is -0.311. The van der Waals surface area contributed by atoms with Crippen molar-refractivity contribution in [1.82, 2.24) is 14.7 Å². The minimum Gasteiger partial charge on any atom is -0.326 e. The van der Waals surface area contributed by atoms with E-state index < -0.39 is 0 Å². The van der Waals surface area contributed by atoms with E-state index in [0.29, 0.717) is 29.5 Å². The van der Waals surface area contributed by atoms with Crippen molar-refractivity contribution >= 4 is 34.2 Å². The largest absolute Gasteiger partial charge is 0.326 e. The number of carbonyl (C=O) groups excluding carboxylic acids is 3. The van der Waals surface area contributed by atoms with Crippen LogP contribution in [0.1, 0.15) is 39.1 Å². The Labute approximate surface area is 190 Å². The van der Waals surface area contributed by atoms with Gasteiger partial charge in [-0.3, -0.25) is 24.0 Å². The normalized spacial score (nSPS) is 12.9. The van der Waals surface area contributed by atoms with E-state index in [0.717, 1.165) is 16.6 Å². The van der Waals surface area contributed by atoms with Gasteiger partial charge in [-0.05, 0) is 41.6 Å². The first kappa shape index (κ1) is 20.6. The van der Waals surface area contributed by atoms with E-state index in [1.54, 1.807) is 23.0 Å². The summed E-state index contributed by atoms with van der Waals surface area (Å²) in [5.74, 6) is -0.786. The first-order valence-corrected chi connectivity index (χ1v) is 10.8. The maximum Gasteiger partial charge on any atom is 0.261 e. The molecule has 0 bridgehead atoms. The number of imide groups is 1. The Kier molecular flexibility index (Phi) is 5.44. The van der Waals surface area contributed by atoms with Gasteiger partial charge in [-0.1, -0.05) is 42.5 Å². The molecule has 33 heavy (non-hydrogen) atoms. The van der Waals surface area contributed by atoms with Gasteiger partial charge in [0.1, 0.15) is 0 Å². The molecule has 0 saturated carbocycles. The molecule has 1 aliphatic rings. The third-order valence-electron chi connectivity index (χ3n) is 5.82. The van der Waals surface area contributed by atoms with Gasteiger partial charge in [-0.15, -0.1) is 0 Å². The van der Waals surface area contributed by atoms with Gasteiger partial charge < -0.3 is 5.32 Å². The standard InChI is InChI=1S/C26H22N4O3/c31-23(28-22-12-2-1-7-19(22)17-29-15-6-14-27-29)13-5-16-30-25(32)20-10-3-8-18-9-4-11-21(24(18)20)26(30)33/h1-4,6-12,14-15H,5,13,16-17H2,(H,28,31). The number of amides is 3. The summed E-state index contributed by atoms with van der Waals surface area (Å²) in [5, 5.41) is 8.74. The zero-order chi connectivity index (χ0) is 22.8. The molecule has 3 aromatic carbocycles. The van der Waals surface area contributed by atoms with E-state index in [-0.39, 0.29) is 30.7 Å². The maximum atomic E-state index is 13.0. The minimum absolute atomic E-state index is 0.165. The van der Waals surface area contributed by atoms with Crippen molar-refractivity contribution in [2.24, 2.45) is 0 Å². The molecule has 0 fully saturated rings. The van der Waals surface area contributed by atoms with Crippen molar-refractivity contribution in [2.45, 2.75) is 19.4 Å². The summed E-state index contributed by atoms with van der Waals surface area (Å²) in [6.45, 7) is 0.732. The van der Waals surface area contributed by atoms with E-state index in [2.05, 4.69) is 10.4 Å². The molecule has 164 valence electrons. The number of benzene rings is 3. The number of nitrogens with zero attached hydrogens (tertiary/aromatic N) is 3. The van der Waals surface area contributed by atoms with Gasteiger partial charge in [-0.25, -0.2) is 0 Å². The fraction of sp³-hybridized carbons (Fsp3) is 0.154. The van der Waals surface area contributed by atoms with Crippen LogP contribution in [0.3, 0.4) is 0 Å². The van der Waals surface area contributed by atoms with Crippen LogP contribution in [0.4, 0.5) is 5.69 Å². The molecule has 1 aromatic heterocycles. The van der Waals surface area contributed by atoms with Gasteiger partial charge >= 0.3 is 0 Å². The molecule has 7 heteroatoms. The summed E-state index contributed by atoms with van der Waals surface area (Å²) in [5.41, 5.74) is 2.73. The number of anilines is 1. The molecule has 0 radical (unpaired) electrons. The predicted molar refractivity (Wildman–Crippen MR) is 125 cm³/mol. The molecular weight excluding hydrogens is 416 g/mol. The molecule has 0 unspecified atom stereocenters. The lowest BCUT2D eigenvalue weighted by Crippen LogP contribution is -2.41. The van der Waals surface area contributed by atoms with Gasteiger partial charge in [-0.2, -0.15) is 5.10 Å². The van der Waals surface area contributed by atoms with Crippen molar-refractivity contribution in [3.63, 3.8) is 0 Å². The molecule has 1 aliphatic heterocycles. The van der Waals surface area contributed by atoms with Crippen LogP contribution >= 0.6 is 0 Å². The Balaban J connectivity index is 1.23. The van der Waals surface area contributed by atoms with Crippen molar-refractivity contribution in [3.05, 3.63) is 95.8 Å². The van der Waals surface area contributed by atoms with E-state index in [9.17, 15) is 14.4 Å². The van der Waals surface area contributed by atoms with Crippen molar-refractivity contribution in [3.8, 4) is 0 Å². The highest BCUT2D eigenvalue weighted by molar-refractivity contribution is 6.25. The number of para-hydroxylation sites is 1. The third kappa shape index (κ3) is 4.01. The highest BCUT2D eigenvalue weighted by Crippen LogP contribution is 2.30. The summed E-state index contributed by atoms with van der Waals surface area (Å²) in [4.78, 5) is 39.8. The van der Waals surface area contributed by atoms with Crippen LogP contribution in [0.2, 0.25) is 0 Å². The number of aromatic nitrogens is 2. The SMILES string of the molecule is O=C(CCCN1C(=O)c2cccc3cccc(c23)C1=O)Nc1ccccc1Cn1cccn1. The monoisotopic (exact) mass is 438 g/mol. The Morgan fingerprint density at radius 3 is 2.30 bits per heavy atom. The lowest BCUT2D eigenvalue weighted by Gasteiger charge is -2.27. The fourth-order valence-corrected chi connectivity index (χ4v) is 4.24. The number of hydrogen-bond acceptors (Lipinski definition) is 4. The molecule has 0 spiro atoms. The van der Waals surface area contributed by atoms with Crippen LogP contribution < -0.4 is 5.32 Å². The van der Waals surface area contributed by atoms with Gasteiger partial charge in [0.2, 0.25) is 5.91 Å². The molecular formula is C26H22N4O3. The first-order chi connectivity index (χ1) is 16.1. The average Bonchev–Trinajstić information content (AvgIpc) is 3.34. The van der Waals surface area contributed by atoms with Crippen LogP contribution in [0.25, 0.3) is 10.8 Å². The smallest absolute Gasteiger partial charge is 0.261 e. The Morgan fingerprint density at radius 2 is 1.61 bits per heavy atom. The van der Waals surface area contributed by atoms with Crippen LogP contribution in [-0.4, -0.2) is 38.9 Å². The lowest BCUT2D eigenvalue weighted by molar-refractivity contribution is -0.116. The molecule has 1 N–H and O–H groups in total. The van der Waals surface area contributed by atoms with Crippen LogP contribution in [-0.2, 0) is 11.3 Å². The van der Waals surface area contributed by atoms with Gasteiger partial charge in [0.15, 0.2) is 0 Å². The summed E-state index contributed by atoms with van der Waals surface area (Å²) < 4.78 is 1.79. The number of carbonyl (C=O) groups is 3. The fourth-order valence-electron chi connectivity index (χ4n) is 4.24. The number of nitrogens with one attached hydrogen (secondary N) is 1. The lowest BCUT2D eigenvalue weighted by atomic mass is 9.94. The van der Waals surface area contributed by atoms with Crippen LogP contribution in [0.15, 0.2) is 79.1 Å². The summed E-state index contributed by atoms with van der Waals surface area (Å²) >= 11 is 0. The van der Waals surface area contributed by atoms with Crippen molar-refractivity contribution < 1.29 is 14.4 Å². The highest BCUT2D eigenvalue weighted by Gasteiger charge is 2.32. The molecule has 0 aliphatic carbocycles. The molecule has 2 heterocycles. The summed E-state index contributed by atoms with van der Waals surface area (Å²) in [6, 6.07) is 20.4. The Morgan fingerprint density at radius 1 is 0.879 bits per heavy atom. The third-order valence-corrected chi connectivity index (χ3v) is 5.82. The van der Waals surface area contributed by atoms with Crippen LogP contribution in [0, 0.1) is 0 Å². The molecule has 3 amide bonds. The molecule has 5 rings (SSSR count). The summed E-state index contributed by atoms with van der Waals surface area (Å²) in [6.07, 6.45) is 4.15. The second-order valence-corrected chi connectivity index (χ2v) is 7.98. The molecule has 4 aromatic rings. The van der Waals surface area contributed by atoms with E-state index in [1.165, 1.54) is 4.90 Å². The van der Waals surface area contributed by atoms with E-state index in [4.69, 9.17) is 0 Å². The topological polar surface area (TPSA) is 84.3 Å². The van der Waals surface area contributed by atoms with E-state index >= 15 is 0 Å².